The van der Waals surface area contributed by atoms with E-state index in [1.54, 1.807) is 0 Å². The molecule has 0 unspecified atom stereocenters. The van der Waals surface area contributed by atoms with E-state index < -0.39 is 0 Å². The Morgan fingerprint density at radius 3 is 2.88 bits per heavy atom. The van der Waals surface area contributed by atoms with Gasteiger partial charge in [-0.15, -0.1) is 0 Å². The van der Waals surface area contributed by atoms with Crippen molar-refractivity contribution in [2.75, 3.05) is 0 Å². The van der Waals surface area contributed by atoms with E-state index in [-0.39, 0.29) is 5.28 Å². The molecule has 0 atom stereocenters. The first-order valence-corrected chi connectivity index (χ1v) is 5.82. The molecule has 1 aromatic carbocycles. The largest absolute Gasteiger partial charge is 0.224 e. The minimum absolute atomic E-state index is 0.192. The van der Waals surface area contributed by atoms with Crippen molar-refractivity contribution < 1.29 is 0 Å². The van der Waals surface area contributed by atoms with Crippen LogP contribution < -0.4 is 0 Å². The number of nitrogens with zero attached hydrogens (tertiary/aromatic N) is 2. The van der Waals surface area contributed by atoms with E-state index in [1.165, 1.54) is 11.1 Å². The van der Waals surface area contributed by atoms with Crippen LogP contribution in [0.15, 0.2) is 18.2 Å². The van der Waals surface area contributed by atoms with Crippen molar-refractivity contribution in [3.8, 4) is 0 Å². The maximum Gasteiger partial charge on any atom is 0.224 e. The average molecular weight is 251 g/mol. The zero-order chi connectivity index (χ0) is 11.1. The Bertz CT molecular complexity index is 605. The maximum absolute atomic E-state index is 6.05. The van der Waals surface area contributed by atoms with Crippen LogP contribution in [0.5, 0.6) is 0 Å². The molecule has 0 amide bonds. The summed E-state index contributed by atoms with van der Waals surface area (Å²) in [5.41, 5.74) is 3.29. The second-order valence-corrected chi connectivity index (χ2v) is 4.49. The van der Waals surface area contributed by atoms with Crippen molar-refractivity contribution in [1.29, 1.82) is 0 Å². The molecule has 2 nitrogen and oxygen atoms in total. The van der Waals surface area contributed by atoms with Crippen LogP contribution in [0.2, 0.25) is 10.4 Å². The number of benzene rings is 1. The number of aryl methyl sites for hydroxylation is 1. The predicted molar refractivity (Wildman–Crippen MR) is 66.9 cm³/mol. The summed E-state index contributed by atoms with van der Waals surface area (Å²) in [5, 5.41) is 1.49. The molecular formula is C12H8Cl2N2. The van der Waals surface area contributed by atoms with Gasteiger partial charge in [0, 0.05) is 5.39 Å². The number of hydrogen-bond acceptors (Lipinski definition) is 2. The molecule has 1 aliphatic rings. The Morgan fingerprint density at radius 1 is 1.12 bits per heavy atom. The fraction of sp³-hybridized carbons (Fsp3) is 0.167. The van der Waals surface area contributed by atoms with Gasteiger partial charge in [-0.3, -0.25) is 0 Å². The minimum atomic E-state index is 0.192. The van der Waals surface area contributed by atoms with Gasteiger partial charge >= 0.3 is 0 Å². The fourth-order valence-corrected chi connectivity index (χ4v) is 2.44. The number of hydrogen-bond donors (Lipinski definition) is 0. The molecule has 1 heterocycles. The SMILES string of the molecule is Clc1nc(Cl)c2cc3c(cc2n1)C=CCC3. The first-order valence-electron chi connectivity index (χ1n) is 5.06. The summed E-state index contributed by atoms with van der Waals surface area (Å²) in [5.74, 6) is 0. The van der Waals surface area contributed by atoms with Crippen LogP contribution in [0.1, 0.15) is 17.5 Å². The van der Waals surface area contributed by atoms with Gasteiger partial charge in [0.25, 0.3) is 0 Å². The first-order chi connectivity index (χ1) is 7.74. The van der Waals surface area contributed by atoms with Crippen molar-refractivity contribution in [2.45, 2.75) is 12.8 Å². The molecule has 2 aromatic rings. The molecule has 0 spiro atoms. The van der Waals surface area contributed by atoms with Crippen LogP contribution in [0.25, 0.3) is 17.0 Å². The van der Waals surface area contributed by atoms with Crippen molar-refractivity contribution in [2.24, 2.45) is 0 Å². The van der Waals surface area contributed by atoms with E-state index >= 15 is 0 Å². The van der Waals surface area contributed by atoms with Gasteiger partial charge in [-0.2, -0.15) is 0 Å². The molecule has 0 radical (unpaired) electrons. The number of halogens is 2. The Balaban J connectivity index is 2.36. The van der Waals surface area contributed by atoms with Gasteiger partial charge in [-0.25, -0.2) is 9.97 Å². The third kappa shape index (κ3) is 1.58. The quantitative estimate of drug-likeness (QED) is 0.524. The standard InChI is InChI=1S/C12H8Cl2N2/c13-11-9-5-7-3-1-2-4-8(7)6-10(9)15-12(14)16-11/h2,4-6H,1,3H2. The maximum atomic E-state index is 6.05. The van der Waals surface area contributed by atoms with E-state index in [0.29, 0.717) is 5.15 Å². The molecule has 0 saturated carbocycles. The molecule has 1 aliphatic carbocycles. The van der Waals surface area contributed by atoms with Gasteiger partial charge in [0.15, 0.2) is 0 Å². The molecule has 4 heteroatoms. The number of rotatable bonds is 0. The summed E-state index contributed by atoms with van der Waals surface area (Å²) in [6.07, 6.45) is 6.39. The van der Waals surface area contributed by atoms with E-state index in [9.17, 15) is 0 Å². The highest BCUT2D eigenvalue weighted by Gasteiger charge is 2.10. The lowest BCUT2D eigenvalue weighted by atomic mass is 9.96. The zero-order valence-corrected chi connectivity index (χ0v) is 9.89. The summed E-state index contributed by atoms with van der Waals surface area (Å²) < 4.78 is 0. The van der Waals surface area contributed by atoms with Gasteiger partial charge in [0.2, 0.25) is 5.28 Å². The summed E-state index contributed by atoms with van der Waals surface area (Å²) >= 11 is 11.8. The highest BCUT2D eigenvalue weighted by molar-refractivity contribution is 6.35. The zero-order valence-electron chi connectivity index (χ0n) is 8.37. The van der Waals surface area contributed by atoms with Gasteiger partial charge in [0.1, 0.15) is 5.15 Å². The van der Waals surface area contributed by atoms with E-state index in [0.717, 1.165) is 23.7 Å². The van der Waals surface area contributed by atoms with Gasteiger partial charge in [-0.1, -0.05) is 23.8 Å². The first kappa shape index (κ1) is 10.1. The van der Waals surface area contributed by atoms with E-state index in [2.05, 4.69) is 28.2 Å². The molecular weight excluding hydrogens is 243 g/mol. The van der Waals surface area contributed by atoms with Crippen LogP contribution in [0, 0.1) is 0 Å². The minimum Gasteiger partial charge on any atom is -0.218 e. The highest BCUT2D eigenvalue weighted by atomic mass is 35.5. The summed E-state index contributed by atoms with van der Waals surface area (Å²) in [6.45, 7) is 0. The van der Waals surface area contributed by atoms with Crippen LogP contribution in [-0.4, -0.2) is 9.97 Å². The van der Waals surface area contributed by atoms with Crippen molar-refractivity contribution in [3.05, 3.63) is 39.8 Å². The van der Waals surface area contributed by atoms with Gasteiger partial charge in [-0.05, 0) is 47.7 Å². The third-order valence-electron chi connectivity index (χ3n) is 2.76. The molecule has 0 N–H and O–H groups in total. The van der Waals surface area contributed by atoms with Crippen molar-refractivity contribution in [1.82, 2.24) is 9.97 Å². The average Bonchev–Trinajstić information content (AvgIpc) is 2.27. The van der Waals surface area contributed by atoms with Crippen LogP contribution in [0.3, 0.4) is 0 Å². The molecule has 1 aromatic heterocycles. The Labute approximate surface area is 103 Å². The second-order valence-electron chi connectivity index (χ2n) is 3.79. The molecule has 0 bridgehead atoms. The monoisotopic (exact) mass is 250 g/mol. The lowest BCUT2D eigenvalue weighted by Gasteiger charge is -2.11. The van der Waals surface area contributed by atoms with Gasteiger partial charge in [0.05, 0.1) is 5.52 Å². The van der Waals surface area contributed by atoms with Crippen LogP contribution in [-0.2, 0) is 6.42 Å². The van der Waals surface area contributed by atoms with Crippen LogP contribution in [0.4, 0.5) is 0 Å². The molecule has 0 saturated heterocycles. The fourth-order valence-electron chi connectivity index (χ4n) is 1.99. The Hall–Kier alpha value is -1.12. The van der Waals surface area contributed by atoms with E-state index in [4.69, 9.17) is 23.2 Å². The summed E-state index contributed by atoms with van der Waals surface area (Å²) in [4.78, 5) is 8.13. The normalized spacial score (nSPS) is 14.1. The lowest BCUT2D eigenvalue weighted by Crippen LogP contribution is -1.96. The van der Waals surface area contributed by atoms with Crippen molar-refractivity contribution >= 4 is 40.2 Å². The topological polar surface area (TPSA) is 25.8 Å². The second kappa shape index (κ2) is 3.72. The molecule has 16 heavy (non-hydrogen) atoms. The number of aromatic nitrogens is 2. The van der Waals surface area contributed by atoms with E-state index in [1.807, 2.05) is 6.07 Å². The smallest absolute Gasteiger partial charge is 0.218 e. The molecule has 80 valence electrons. The highest BCUT2D eigenvalue weighted by Crippen LogP contribution is 2.28. The van der Waals surface area contributed by atoms with Gasteiger partial charge < -0.3 is 0 Å². The summed E-state index contributed by atoms with van der Waals surface area (Å²) in [6, 6.07) is 4.08. The lowest BCUT2D eigenvalue weighted by molar-refractivity contribution is 0.987. The number of allylic oxidation sites excluding steroid dienone is 1. The number of fused-ring (bicyclic) bond motifs is 2. The Morgan fingerprint density at radius 2 is 2.00 bits per heavy atom. The molecule has 0 fully saturated rings. The third-order valence-corrected chi connectivity index (χ3v) is 3.22. The molecule has 0 aliphatic heterocycles. The van der Waals surface area contributed by atoms with Crippen LogP contribution >= 0.6 is 23.2 Å². The predicted octanol–water partition coefficient (Wildman–Crippen LogP) is 3.90. The Kier molecular flexibility index (Phi) is 2.34. The van der Waals surface area contributed by atoms with Crippen molar-refractivity contribution in [3.63, 3.8) is 0 Å². The molecule has 3 rings (SSSR count). The summed E-state index contributed by atoms with van der Waals surface area (Å²) in [7, 11) is 0.